The van der Waals surface area contributed by atoms with Crippen molar-refractivity contribution < 1.29 is 13.9 Å². The van der Waals surface area contributed by atoms with Gasteiger partial charge in [-0.05, 0) is 55.0 Å². The van der Waals surface area contributed by atoms with Crippen molar-refractivity contribution in [2.75, 3.05) is 12.4 Å². The first kappa shape index (κ1) is 18.5. The molecule has 0 radical (unpaired) electrons. The smallest absolute Gasteiger partial charge is 0.248 e. The highest BCUT2D eigenvalue weighted by molar-refractivity contribution is 6.02. The maximum absolute atomic E-state index is 12.3. The SMILES string of the molecule is COc1ccccc1/C=C/C(=O)Nc1cccc(-c2nc3cc(C)ccc3o2)c1. The number of hydrogen-bond donors (Lipinski definition) is 1. The van der Waals surface area contributed by atoms with Crippen molar-refractivity contribution >= 4 is 28.8 Å². The fourth-order valence-corrected chi connectivity index (χ4v) is 3.04. The summed E-state index contributed by atoms with van der Waals surface area (Å²) < 4.78 is 11.1. The lowest BCUT2D eigenvalue weighted by atomic mass is 10.2. The first-order valence-electron chi connectivity index (χ1n) is 9.22. The van der Waals surface area contributed by atoms with Crippen LogP contribution in [-0.2, 0) is 4.79 Å². The van der Waals surface area contributed by atoms with Crippen molar-refractivity contribution in [1.29, 1.82) is 0 Å². The van der Waals surface area contributed by atoms with Crippen LogP contribution < -0.4 is 10.1 Å². The van der Waals surface area contributed by atoms with Crippen LogP contribution in [0.4, 0.5) is 5.69 Å². The van der Waals surface area contributed by atoms with Crippen molar-refractivity contribution in [2.24, 2.45) is 0 Å². The van der Waals surface area contributed by atoms with Crippen LogP contribution in [-0.4, -0.2) is 18.0 Å². The van der Waals surface area contributed by atoms with E-state index in [1.807, 2.05) is 73.7 Å². The minimum atomic E-state index is -0.235. The van der Waals surface area contributed by atoms with E-state index in [-0.39, 0.29) is 5.91 Å². The van der Waals surface area contributed by atoms with Gasteiger partial charge < -0.3 is 14.5 Å². The number of aromatic nitrogens is 1. The van der Waals surface area contributed by atoms with E-state index in [4.69, 9.17) is 9.15 Å². The molecule has 1 heterocycles. The molecule has 0 fully saturated rings. The lowest BCUT2D eigenvalue weighted by molar-refractivity contribution is -0.111. The van der Waals surface area contributed by atoms with Gasteiger partial charge in [0.15, 0.2) is 5.58 Å². The van der Waals surface area contributed by atoms with Gasteiger partial charge >= 0.3 is 0 Å². The third kappa shape index (κ3) is 4.19. The number of anilines is 1. The van der Waals surface area contributed by atoms with Gasteiger partial charge in [0, 0.05) is 22.9 Å². The first-order valence-corrected chi connectivity index (χ1v) is 9.22. The number of nitrogens with one attached hydrogen (secondary N) is 1. The number of para-hydroxylation sites is 1. The number of carbonyl (C=O) groups is 1. The zero-order chi connectivity index (χ0) is 20.2. The molecule has 0 spiro atoms. The van der Waals surface area contributed by atoms with Crippen molar-refractivity contribution in [1.82, 2.24) is 4.98 Å². The molecule has 4 rings (SSSR count). The fraction of sp³-hybridized carbons (Fsp3) is 0.0833. The summed E-state index contributed by atoms with van der Waals surface area (Å²) >= 11 is 0. The van der Waals surface area contributed by atoms with Gasteiger partial charge in [-0.15, -0.1) is 0 Å². The molecule has 0 saturated heterocycles. The Hall–Kier alpha value is -3.86. The number of rotatable bonds is 5. The normalized spacial score (nSPS) is 11.1. The van der Waals surface area contributed by atoms with E-state index in [9.17, 15) is 4.79 Å². The number of amides is 1. The van der Waals surface area contributed by atoms with Crippen LogP contribution in [0.2, 0.25) is 0 Å². The predicted molar refractivity (Wildman–Crippen MR) is 115 cm³/mol. The molecule has 29 heavy (non-hydrogen) atoms. The quantitative estimate of drug-likeness (QED) is 0.464. The average molecular weight is 384 g/mol. The van der Waals surface area contributed by atoms with Crippen LogP contribution in [0.3, 0.4) is 0 Å². The van der Waals surface area contributed by atoms with Crippen molar-refractivity contribution in [3.63, 3.8) is 0 Å². The summed E-state index contributed by atoms with van der Waals surface area (Å²) in [5.41, 5.74) is 4.97. The van der Waals surface area contributed by atoms with Crippen LogP contribution in [0.25, 0.3) is 28.6 Å². The van der Waals surface area contributed by atoms with Crippen LogP contribution in [0.15, 0.2) is 77.2 Å². The van der Waals surface area contributed by atoms with E-state index in [0.29, 0.717) is 17.3 Å². The second-order valence-electron chi connectivity index (χ2n) is 6.64. The summed E-state index contributed by atoms with van der Waals surface area (Å²) in [6.07, 6.45) is 3.20. The van der Waals surface area contributed by atoms with Gasteiger partial charge in [-0.3, -0.25) is 4.79 Å². The molecule has 3 aromatic carbocycles. The molecule has 5 heteroatoms. The van der Waals surface area contributed by atoms with Gasteiger partial charge in [-0.2, -0.15) is 0 Å². The zero-order valence-electron chi connectivity index (χ0n) is 16.2. The van der Waals surface area contributed by atoms with Crippen molar-refractivity contribution in [3.05, 3.63) is 83.9 Å². The second kappa shape index (κ2) is 8.02. The Morgan fingerprint density at radius 3 is 2.79 bits per heavy atom. The molecule has 0 aliphatic heterocycles. The third-order valence-electron chi connectivity index (χ3n) is 4.47. The minimum absolute atomic E-state index is 0.235. The Morgan fingerprint density at radius 2 is 1.93 bits per heavy atom. The van der Waals surface area contributed by atoms with Crippen LogP contribution in [0.5, 0.6) is 5.75 Å². The number of benzene rings is 3. The molecule has 4 aromatic rings. The molecule has 0 bridgehead atoms. The molecule has 0 saturated carbocycles. The van der Waals surface area contributed by atoms with E-state index < -0.39 is 0 Å². The van der Waals surface area contributed by atoms with Gasteiger partial charge in [-0.1, -0.05) is 30.3 Å². The second-order valence-corrected chi connectivity index (χ2v) is 6.64. The average Bonchev–Trinajstić information content (AvgIpc) is 3.16. The van der Waals surface area contributed by atoms with Gasteiger partial charge in [0.2, 0.25) is 11.8 Å². The maximum Gasteiger partial charge on any atom is 0.248 e. The van der Waals surface area contributed by atoms with E-state index in [1.54, 1.807) is 13.2 Å². The molecule has 0 atom stereocenters. The summed E-state index contributed by atoms with van der Waals surface area (Å²) in [7, 11) is 1.60. The maximum atomic E-state index is 12.3. The molecule has 0 aliphatic rings. The van der Waals surface area contributed by atoms with Gasteiger partial charge in [0.05, 0.1) is 7.11 Å². The van der Waals surface area contributed by atoms with Crippen molar-refractivity contribution in [2.45, 2.75) is 6.92 Å². The Bertz CT molecular complexity index is 1210. The highest BCUT2D eigenvalue weighted by atomic mass is 16.5. The number of oxazole rings is 1. The monoisotopic (exact) mass is 384 g/mol. The van der Waals surface area contributed by atoms with Crippen LogP contribution in [0, 0.1) is 6.92 Å². The Morgan fingerprint density at radius 1 is 1.07 bits per heavy atom. The molecule has 1 aromatic heterocycles. The topological polar surface area (TPSA) is 64.4 Å². The third-order valence-corrected chi connectivity index (χ3v) is 4.47. The van der Waals surface area contributed by atoms with E-state index in [0.717, 1.165) is 27.8 Å². The summed E-state index contributed by atoms with van der Waals surface area (Å²) in [6, 6.07) is 20.8. The molecule has 144 valence electrons. The van der Waals surface area contributed by atoms with Crippen molar-refractivity contribution in [3.8, 4) is 17.2 Å². The molecule has 5 nitrogen and oxygen atoms in total. The predicted octanol–water partition coefficient (Wildman–Crippen LogP) is 5.46. The van der Waals surface area contributed by atoms with Gasteiger partial charge in [0.25, 0.3) is 0 Å². The highest BCUT2D eigenvalue weighted by Crippen LogP contribution is 2.27. The Balaban J connectivity index is 1.52. The number of aryl methyl sites for hydroxylation is 1. The fourth-order valence-electron chi connectivity index (χ4n) is 3.04. The van der Waals surface area contributed by atoms with Crippen LogP contribution in [0.1, 0.15) is 11.1 Å². The summed E-state index contributed by atoms with van der Waals surface area (Å²) in [5, 5.41) is 2.87. The number of carbonyl (C=O) groups excluding carboxylic acids is 1. The van der Waals surface area contributed by atoms with Gasteiger partial charge in [0.1, 0.15) is 11.3 Å². The number of ether oxygens (including phenoxy) is 1. The summed E-state index contributed by atoms with van der Waals surface area (Å²) in [6.45, 7) is 2.02. The number of fused-ring (bicyclic) bond motifs is 1. The lowest BCUT2D eigenvalue weighted by Crippen LogP contribution is -2.07. The lowest BCUT2D eigenvalue weighted by Gasteiger charge is -2.05. The largest absolute Gasteiger partial charge is 0.496 e. The van der Waals surface area contributed by atoms with Gasteiger partial charge in [-0.25, -0.2) is 4.98 Å². The molecule has 0 aliphatic carbocycles. The number of nitrogens with zero attached hydrogens (tertiary/aromatic N) is 1. The first-order chi connectivity index (χ1) is 14.1. The Labute approximate surface area is 168 Å². The standard InChI is InChI=1S/C24H20N2O3/c1-16-10-12-22-20(14-16)26-24(29-22)18-7-5-8-19(15-18)25-23(27)13-11-17-6-3-4-9-21(17)28-2/h3-15H,1-2H3,(H,25,27)/b13-11+. The summed E-state index contributed by atoms with van der Waals surface area (Å²) in [4.78, 5) is 16.9. The number of methoxy groups -OCH3 is 1. The molecular formula is C24H20N2O3. The minimum Gasteiger partial charge on any atom is -0.496 e. The summed E-state index contributed by atoms with van der Waals surface area (Å²) in [5.74, 6) is 0.997. The molecule has 1 N–H and O–H groups in total. The molecule has 1 amide bonds. The Kier molecular flexibility index (Phi) is 5.12. The van der Waals surface area contributed by atoms with Crippen LogP contribution >= 0.6 is 0 Å². The molecule has 0 unspecified atom stereocenters. The highest BCUT2D eigenvalue weighted by Gasteiger charge is 2.09. The number of hydrogen-bond acceptors (Lipinski definition) is 4. The zero-order valence-corrected chi connectivity index (χ0v) is 16.2. The van der Waals surface area contributed by atoms with E-state index in [1.165, 1.54) is 6.08 Å². The molecular weight excluding hydrogens is 364 g/mol. The van der Waals surface area contributed by atoms with E-state index >= 15 is 0 Å². The van der Waals surface area contributed by atoms with E-state index in [2.05, 4.69) is 10.3 Å².